The number of hydrogen-bond donors (Lipinski definition) is 1. The third-order valence-corrected chi connectivity index (χ3v) is 5.10. The van der Waals surface area contributed by atoms with Gasteiger partial charge in [0.1, 0.15) is 5.75 Å². The van der Waals surface area contributed by atoms with Crippen LogP contribution in [0.3, 0.4) is 0 Å². The molecule has 1 atom stereocenters. The van der Waals surface area contributed by atoms with Gasteiger partial charge < -0.3 is 19.5 Å². The number of hydrogen-bond acceptors (Lipinski definition) is 6. The lowest BCUT2D eigenvalue weighted by molar-refractivity contribution is -0.00849. The molecule has 1 aromatic carbocycles. The van der Waals surface area contributed by atoms with Gasteiger partial charge in [-0.05, 0) is 38.5 Å². The molecule has 178 valence electrons. The molecule has 11 heteroatoms. The minimum atomic E-state index is -0.841. The van der Waals surface area contributed by atoms with Gasteiger partial charge in [-0.2, -0.15) is 0 Å². The maximum Gasteiger partial charge on any atom is 0.511 e. The van der Waals surface area contributed by atoms with Crippen LogP contribution >= 0.6 is 34.8 Å². The molecule has 0 saturated carbocycles. The van der Waals surface area contributed by atoms with E-state index in [4.69, 9.17) is 49.0 Å². The molecule has 0 saturated heterocycles. The molecule has 0 amide bonds. The Morgan fingerprint density at radius 3 is 2.64 bits per heavy atom. The second kappa shape index (κ2) is 13.2. The molecule has 2 rings (SSSR count). The van der Waals surface area contributed by atoms with E-state index < -0.39 is 12.2 Å². The second-order valence-corrected chi connectivity index (χ2v) is 8.10. The zero-order valence-corrected chi connectivity index (χ0v) is 20.9. The molecule has 8 nitrogen and oxygen atoms in total. The summed E-state index contributed by atoms with van der Waals surface area (Å²) in [6.07, 6.45) is 4.30. The van der Waals surface area contributed by atoms with Gasteiger partial charge in [0.25, 0.3) is 0 Å². The molecule has 0 radical (unpaired) electrons. The molecule has 0 aliphatic heterocycles. The third kappa shape index (κ3) is 8.07. The van der Waals surface area contributed by atoms with Crippen LogP contribution in [0.4, 0.5) is 4.79 Å². The maximum atomic E-state index is 11.7. The molecule has 1 unspecified atom stereocenters. The van der Waals surface area contributed by atoms with Crippen molar-refractivity contribution in [1.29, 1.82) is 0 Å². The number of carbonyl (C=O) groups is 1. The Morgan fingerprint density at radius 2 is 1.97 bits per heavy atom. The molecule has 1 aromatic heterocycles. The SMILES string of the molecule is CC/C=N\C(=NC)NC(c1cc(Cl)ccc1OCOC(=O)OC(C)C)c1cncc(Cl)c1Cl. The van der Waals surface area contributed by atoms with Gasteiger partial charge in [0, 0.05) is 41.8 Å². The highest BCUT2D eigenvalue weighted by molar-refractivity contribution is 6.42. The van der Waals surface area contributed by atoms with Crippen molar-refractivity contribution in [1.82, 2.24) is 10.3 Å². The Balaban J connectivity index is 2.45. The monoisotopic (exact) mass is 514 g/mol. The number of ether oxygens (including phenoxy) is 3. The minimum Gasteiger partial charge on any atom is -0.457 e. The van der Waals surface area contributed by atoms with Gasteiger partial charge in [-0.1, -0.05) is 41.7 Å². The highest BCUT2D eigenvalue weighted by atomic mass is 35.5. The average Bonchev–Trinajstić information content (AvgIpc) is 2.77. The van der Waals surface area contributed by atoms with Crippen LogP contribution in [0.2, 0.25) is 15.1 Å². The number of benzene rings is 1. The minimum absolute atomic E-state index is 0.275. The lowest BCUT2D eigenvalue weighted by atomic mass is 9.99. The van der Waals surface area contributed by atoms with Crippen LogP contribution in [-0.2, 0) is 9.47 Å². The molecule has 0 aliphatic rings. The smallest absolute Gasteiger partial charge is 0.457 e. The number of guanidine groups is 1. The first-order valence-corrected chi connectivity index (χ1v) is 11.2. The number of rotatable bonds is 8. The summed E-state index contributed by atoms with van der Waals surface area (Å²) in [6.45, 7) is 5.01. The number of nitrogens with zero attached hydrogens (tertiary/aromatic N) is 3. The molecule has 0 bridgehead atoms. The van der Waals surface area contributed by atoms with Crippen LogP contribution in [0.5, 0.6) is 5.75 Å². The van der Waals surface area contributed by atoms with Gasteiger partial charge in [0.2, 0.25) is 12.8 Å². The van der Waals surface area contributed by atoms with E-state index in [1.54, 1.807) is 51.5 Å². The predicted octanol–water partition coefficient (Wildman–Crippen LogP) is 6.09. The number of aromatic nitrogens is 1. The summed E-state index contributed by atoms with van der Waals surface area (Å²) in [5.41, 5.74) is 1.12. The van der Waals surface area contributed by atoms with E-state index in [1.807, 2.05) is 6.92 Å². The summed E-state index contributed by atoms with van der Waals surface area (Å²) >= 11 is 19.0. The van der Waals surface area contributed by atoms with Gasteiger partial charge in [-0.15, -0.1) is 0 Å². The zero-order chi connectivity index (χ0) is 24.4. The maximum absolute atomic E-state index is 11.7. The third-order valence-electron chi connectivity index (χ3n) is 4.06. The van der Waals surface area contributed by atoms with Crippen LogP contribution in [0.25, 0.3) is 0 Å². The zero-order valence-electron chi connectivity index (χ0n) is 18.6. The number of pyridine rings is 1. The lowest BCUT2D eigenvalue weighted by Gasteiger charge is -2.24. The summed E-state index contributed by atoms with van der Waals surface area (Å²) < 4.78 is 15.6. The van der Waals surface area contributed by atoms with Gasteiger partial charge in [0.15, 0.2) is 0 Å². The molecule has 0 fully saturated rings. The van der Waals surface area contributed by atoms with Gasteiger partial charge in [-0.25, -0.2) is 9.79 Å². The fourth-order valence-corrected chi connectivity index (χ4v) is 3.22. The average molecular weight is 516 g/mol. The van der Waals surface area contributed by atoms with Crippen LogP contribution in [0.1, 0.15) is 44.4 Å². The molecule has 1 heterocycles. The second-order valence-electron chi connectivity index (χ2n) is 6.87. The van der Waals surface area contributed by atoms with E-state index >= 15 is 0 Å². The summed E-state index contributed by atoms with van der Waals surface area (Å²) in [5, 5.41) is 4.25. The normalized spacial score (nSPS) is 12.7. The fraction of sp³-hybridized carbons (Fsp3) is 0.364. The Labute approximate surface area is 207 Å². The van der Waals surface area contributed by atoms with Gasteiger partial charge in [0.05, 0.1) is 22.2 Å². The molecule has 2 aromatic rings. The molecular weight excluding hydrogens is 491 g/mol. The van der Waals surface area contributed by atoms with Crippen molar-refractivity contribution in [3.8, 4) is 5.75 Å². The van der Waals surface area contributed by atoms with E-state index in [9.17, 15) is 4.79 Å². The molecule has 0 aliphatic carbocycles. The topological polar surface area (TPSA) is 94.4 Å². The quantitative estimate of drug-likeness (QED) is 0.198. The van der Waals surface area contributed by atoms with Crippen molar-refractivity contribution in [2.24, 2.45) is 9.98 Å². The Bertz CT molecular complexity index is 1020. The van der Waals surface area contributed by atoms with Crippen molar-refractivity contribution >= 4 is 53.1 Å². The number of aliphatic imine (C=N–C) groups is 2. The van der Waals surface area contributed by atoms with Crippen molar-refractivity contribution in [2.75, 3.05) is 13.8 Å². The van der Waals surface area contributed by atoms with Crippen LogP contribution in [0, 0.1) is 0 Å². The fourth-order valence-electron chi connectivity index (χ4n) is 2.67. The Morgan fingerprint density at radius 1 is 1.21 bits per heavy atom. The van der Waals surface area contributed by atoms with Crippen molar-refractivity contribution in [2.45, 2.75) is 39.3 Å². The number of carbonyl (C=O) groups excluding carboxylic acids is 1. The molecular formula is C22H25Cl3N4O4. The summed E-state index contributed by atoms with van der Waals surface area (Å²) in [4.78, 5) is 24.3. The van der Waals surface area contributed by atoms with Crippen LogP contribution in [0.15, 0.2) is 40.6 Å². The van der Waals surface area contributed by atoms with Crippen LogP contribution in [-0.4, -0.2) is 43.3 Å². The summed E-state index contributed by atoms with van der Waals surface area (Å²) in [5.74, 6) is 0.723. The molecule has 33 heavy (non-hydrogen) atoms. The van der Waals surface area contributed by atoms with E-state index in [2.05, 4.69) is 20.3 Å². The first-order valence-electron chi connectivity index (χ1n) is 10.1. The van der Waals surface area contributed by atoms with E-state index in [0.717, 1.165) is 6.42 Å². The van der Waals surface area contributed by atoms with Crippen molar-refractivity contribution in [3.63, 3.8) is 0 Å². The van der Waals surface area contributed by atoms with Crippen molar-refractivity contribution < 1.29 is 19.0 Å². The largest absolute Gasteiger partial charge is 0.511 e. The molecule has 1 N–H and O–H groups in total. The van der Waals surface area contributed by atoms with Crippen molar-refractivity contribution in [3.05, 3.63) is 56.8 Å². The summed E-state index contributed by atoms with van der Waals surface area (Å²) in [6, 6.07) is 4.33. The number of halogens is 3. The summed E-state index contributed by atoms with van der Waals surface area (Å²) in [7, 11) is 1.60. The Kier molecular flexibility index (Phi) is 10.7. The Hall–Kier alpha value is -2.55. The van der Waals surface area contributed by atoms with E-state index in [0.29, 0.717) is 32.9 Å². The first kappa shape index (κ1) is 26.7. The van der Waals surface area contributed by atoms with Gasteiger partial charge in [-0.3, -0.25) is 9.98 Å². The molecule has 0 spiro atoms. The highest BCUT2D eigenvalue weighted by Crippen LogP contribution is 2.37. The number of nitrogens with one attached hydrogen (secondary N) is 1. The lowest BCUT2D eigenvalue weighted by Crippen LogP contribution is -2.29. The van der Waals surface area contributed by atoms with E-state index in [-0.39, 0.29) is 17.9 Å². The predicted molar refractivity (Wildman–Crippen MR) is 131 cm³/mol. The first-order chi connectivity index (χ1) is 15.8. The highest BCUT2D eigenvalue weighted by Gasteiger charge is 2.24. The standard InChI is InChI=1S/C22H25Cl3N4O4/c1-5-8-28-21(26-4)29-20(16-10-27-11-17(24)19(16)25)15-9-14(23)6-7-18(15)31-12-32-22(30)33-13(2)3/h6-11,13,20H,5,12H2,1-4H3,(H,26,29)/b28-8-. The van der Waals surface area contributed by atoms with Gasteiger partial charge >= 0.3 is 6.16 Å². The van der Waals surface area contributed by atoms with E-state index in [1.165, 1.54) is 6.20 Å². The van der Waals surface area contributed by atoms with Crippen LogP contribution < -0.4 is 10.1 Å².